The van der Waals surface area contributed by atoms with Gasteiger partial charge >= 0.3 is 0 Å². The Bertz CT molecular complexity index is 249. The molecule has 0 saturated heterocycles. The van der Waals surface area contributed by atoms with Crippen LogP contribution < -0.4 is 10.9 Å². The molecule has 1 heterocycles. The maximum atomic E-state index is 3.12. The van der Waals surface area contributed by atoms with Crippen molar-refractivity contribution in [3.63, 3.8) is 0 Å². The van der Waals surface area contributed by atoms with Gasteiger partial charge in [0.05, 0.1) is 5.69 Å². The summed E-state index contributed by atoms with van der Waals surface area (Å²) in [4.78, 5) is 0. The molecular formula is C7H7IN2. The van der Waals surface area contributed by atoms with Crippen LogP contribution in [0.25, 0.3) is 0 Å². The molecule has 2 nitrogen and oxygen atoms in total. The highest BCUT2D eigenvalue weighted by Crippen LogP contribution is 2.31. The minimum absolute atomic E-state index is 0.411. The van der Waals surface area contributed by atoms with E-state index >= 15 is 0 Å². The van der Waals surface area contributed by atoms with Crippen LogP contribution in [-0.2, 0) is 0 Å². The number of alkyl halides is 1. The fourth-order valence-corrected chi connectivity index (χ4v) is 1.75. The molecule has 1 unspecified atom stereocenters. The zero-order valence-corrected chi connectivity index (χ0v) is 7.42. The summed E-state index contributed by atoms with van der Waals surface area (Å²) in [7, 11) is 0. The van der Waals surface area contributed by atoms with Gasteiger partial charge in [0.25, 0.3) is 0 Å². The topological polar surface area (TPSA) is 24.1 Å². The molecule has 1 aliphatic rings. The van der Waals surface area contributed by atoms with Gasteiger partial charge in [-0.25, -0.2) is 5.43 Å². The maximum absolute atomic E-state index is 3.12. The van der Waals surface area contributed by atoms with Crippen LogP contribution in [-0.4, -0.2) is 0 Å². The number of nitrogens with one attached hydrogen (secondary N) is 2. The standard InChI is InChI=1S/C7H7IN2/c8-7-5-3-1-2-4-6(5)9-10-7/h1-4,7,9-10H. The lowest BCUT2D eigenvalue weighted by Crippen LogP contribution is -2.13. The molecule has 0 bridgehead atoms. The Morgan fingerprint density at radius 1 is 1.30 bits per heavy atom. The van der Waals surface area contributed by atoms with Crippen LogP contribution in [0, 0.1) is 0 Å². The SMILES string of the molecule is IC1NNc2ccccc21. The molecule has 1 atom stereocenters. The number of benzene rings is 1. The zero-order chi connectivity index (χ0) is 6.97. The van der Waals surface area contributed by atoms with Gasteiger partial charge in [0.2, 0.25) is 0 Å². The quantitative estimate of drug-likeness (QED) is 0.416. The van der Waals surface area contributed by atoms with E-state index in [0.717, 1.165) is 0 Å². The molecule has 2 N–H and O–H groups in total. The van der Waals surface area contributed by atoms with E-state index in [0.29, 0.717) is 4.05 Å². The van der Waals surface area contributed by atoms with Crippen molar-refractivity contribution in [1.29, 1.82) is 0 Å². The first-order valence-corrected chi connectivity index (χ1v) is 4.37. The van der Waals surface area contributed by atoms with Crippen LogP contribution in [0.4, 0.5) is 5.69 Å². The Hall–Kier alpha value is -0.290. The molecular weight excluding hydrogens is 239 g/mol. The smallest absolute Gasteiger partial charge is 0.104 e. The van der Waals surface area contributed by atoms with Crippen LogP contribution in [0.5, 0.6) is 0 Å². The second-order valence-electron chi connectivity index (χ2n) is 2.22. The highest BCUT2D eigenvalue weighted by Gasteiger charge is 2.16. The average Bonchev–Trinajstić information content (AvgIpc) is 2.34. The van der Waals surface area contributed by atoms with Crippen LogP contribution in [0.1, 0.15) is 9.61 Å². The second-order valence-corrected chi connectivity index (χ2v) is 3.46. The third-order valence-electron chi connectivity index (χ3n) is 1.57. The Morgan fingerprint density at radius 3 is 2.90 bits per heavy atom. The Labute approximate surface area is 73.1 Å². The lowest BCUT2D eigenvalue weighted by atomic mass is 10.2. The molecule has 1 aliphatic heterocycles. The van der Waals surface area contributed by atoms with Crippen molar-refractivity contribution in [2.75, 3.05) is 5.43 Å². The Kier molecular flexibility index (Phi) is 1.54. The molecule has 0 saturated carbocycles. The molecule has 0 spiro atoms. The molecule has 0 radical (unpaired) electrons. The molecule has 52 valence electrons. The van der Waals surface area contributed by atoms with Crippen LogP contribution in [0.3, 0.4) is 0 Å². The summed E-state index contributed by atoms with van der Waals surface area (Å²) in [5, 5.41) is 0. The van der Waals surface area contributed by atoms with Gasteiger partial charge in [0, 0.05) is 5.56 Å². The first kappa shape index (κ1) is 6.42. The number of hydrazine groups is 1. The summed E-state index contributed by atoms with van der Waals surface area (Å²) in [5.74, 6) is 0. The molecule has 1 aromatic carbocycles. The number of hydrogen-bond acceptors (Lipinski definition) is 2. The van der Waals surface area contributed by atoms with Crippen LogP contribution in [0.15, 0.2) is 24.3 Å². The van der Waals surface area contributed by atoms with Crippen molar-refractivity contribution in [3.8, 4) is 0 Å². The monoisotopic (exact) mass is 246 g/mol. The van der Waals surface area contributed by atoms with Gasteiger partial charge < -0.3 is 5.43 Å². The molecule has 1 aromatic rings. The number of hydrogen-bond donors (Lipinski definition) is 2. The van der Waals surface area contributed by atoms with Crippen molar-refractivity contribution in [2.45, 2.75) is 4.05 Å². The first-order chi connectivity index (χ1) is 4.88. The molecule has 0 aromatic heterocycles. The van der Waals surface area contributed by atoms with E-state index < -0.39 is 0 Å². The van der Waals surface area contributed by atoms with Gasteiger partial charge in [0.1, 0.15) is 4.05 Å². The zero-order valence-electron chi connectivity index (χ0n) is 5.26. The average molecular weight is 246 g/mol. The maximum Gasteiger partial charge on any atom is 0.104 e. The van der Waals surface area contributed by atoms with Crippen molar-refractivity contribution >= 4 is 28.3 Å². The van der Waals surface area contributed by atoms with Gasteiger partial charge in [-0.3, -0.25) is 0 Å². The van der Waals surface area contributed by atoms with Gasteiger partial charge in [-0.1, -0.05) is 40.8 Å². The van der Waals surface area contributed by atoms with Crippen molar-refractivity contribution < 1.29 is 0 Å². The summed E-state index contributed by atoms with van der Waals surface area (Å²) < 4.78 is 0.411. The van der Waals surface area contributed by atoms with Gasteiger partial charge in [-0.05, 0) is 6.07 Å². The summed E-state index contributed by atoms with van der Waals surface area (Å²) in [6.45, 7) is 0. The van der Waals surface area contributed by atoms with E-state index in [2.05, 4.69) is 51.6 Å². The summed E-state index contributed by atoms with van der Waals surface area (Å²) in [5.41, 5.74) is 8.75. The first-order valence-electron chi connectivity index (χ1n) is 3.12. The predicted molar refractivity (Wildman–Crippen MR) is 50.0 cm³/mol. The molecule has 0 aliphatic carbocycles. The predicted octanol–water partition coefficient (Wildman–Crippen LogP) is 2.05. The van der Waals surface area contributed by atoms with Crippen LogP contribution >= 0.6 is 22.6 Å². The molecule has 2 rings (SSSR count). The lowest BCUT2D eigenvalue weighted by Gasteiger charge is -1.97. The van der Waals surface area contributed by atoms with Gasteiger partial charge in [0.15, 0.2) is 0 Å². The van der Waals surface area contributed by atoms with E-state index in [9.17, 15) is 0 Å². The van der Waals surface area contributed by atoms with Crippen molar-refractivity contribution in [2.24, 2.45) is 0 Å². The number of halogens is 1. The molecule has 10 heavy (non-hydrogen) atoms. The largest absolute Gasteiger partial charge is 0.320 e. The Balaban J connectivity index is 2.51. The fraction of sp³-hybridized carbons (Fsp3) is 0.143. The normalized spacial score (nSPS) is 21.9. The third-order valence-corrected chi connectivity index (χ3v) is 2.55. The van der Waals surface area contributed by atoms with E-state index in [1.165, 1.54) is 11.3 Å². The number of anilines is 1. The van der Waals surface area contributed by atoms with E-state index in [1.807, 2.05) is 6.07 Å². The van der Waals surface area contributed by atoms with E-state index in [-0.39, 0.29) is 0 Å². The van der Waals surface area contributed by atoms with Gasteiger partial charge in [-0.2, -0.15) is 0 Å². The van der Waals surface area contributed by atoms with E-state index in [4.69, 9.17) is 0 Å². The highest BCUT2D eigenvalue weighted by molar-refractivity contribution is 14.1. The third kappa shape index (κ3) is 0.894. The second kappa shape index (κ2) is 2.39. The van der Waals surface area contributed by atoms with Gasteiger partial charge in [-0.15, -0.1) is 0 Å². The minimum atomic E-state index is 0.411. The van der Waals surface area contributed by atoms with Crippen molar-refractivity contribution in [1.82, 2.24) is 5.43 Å². The molecule has 3 heteroatoms. The highest BCUT2D eigenvalue weighted by atomic mass is 127. The van der Waals surface area contributed by atoms with E-state index in [1.54, 1.807) is 0 Å². The lowest BCUT2D eigenvalue weighted by molar-refractivity contribution is 0.866. The minimum Gasteiger partial charge on any atom is -0.320 e. The van der Waals surface area contributed by atoms with Crippen LogP contribution in [0.2, 0.25) is 0 Å². The molecule has 0 amide bonds. The summed E-state index contributed by atoms with van der Waals surface area (Å²) >= 11 is 2.35. The molecule has 0 fully saturated rings. The number of rotatable bonds is 0. The Morgan fingerprint density at radius 2 is 2.10 bits per heavy atom. The number of fused-ring (bicyclic) bond motifs is 1. The summed E-state index contributed by atoms with van der Waals surface area (Å²) in [6, 6.07) is 8.28. The fourth-order valence-electron chi connectivity index (χ4n) is 1.05. The summed E-state index contributed by atoms with van der Waals surface area (Å²) in [6.07, 6.45) is 0. The number of para-hydroxylation sites is 1. The van der Waals surface area contributed by atoms with Crippen molar-refractivity contribution in [3.05, 3.63) is 29.8 Å².